The molecule has 1 N–H and O–H groups in total. The number of aryl methyl sites for hydroxylation is 1. The number of hydrogen-bond donors (Lipinski definition) is 1. The summed E-state index contributed by atoms with van der Waals surface area (Å²) in [4.78, 5) is 24.5. The Labute approximate surface area is 111 Å². The summed E-state index contributed by atoms with van der Waals surface area (Å²) >= 11 is 0. The molecule has 0 bridgehead atoms. The Morgan fingerprint density at radius 2 is 2.21 bits per heavy atom. The molecule has 1 aromatic rings. The number of aromatic nitrogens is 2. The Balaban J connectivity index is 2.85. The highest BCUT2D eigenvalue weighted by Crippen LogP contribution is 2.14. The highest BCUT2D eigenvalue weighted by atomic mass is 16.5. The Kier molecular flexibility index (Phi) is 4.91. The van der Waals surface area contributed by atoms with Crippen molar-refractivity contribution in [3.63, 3.8) is 0 Å². The summed E-state index contributed by atoms with van der Waals surface area (Å²) in [5.74, 6) is -1.36. The zero-order valence-electron chi connectivity index (χ0n) is 11.6. The molecule has 1 atom stereocenters. The Bertz CT molecular complexity index is 470. The van der Waals surface area contributed by atoms with E-state index in [9.17, 15) is 9.59 Å². The van der Waals surface area contributed by atoms with Gasteiger partial charge in [0.1, 0.15) is 0 Å². The Morgan fingerprint density at radius 3 is 2.63 bits per heavy atom. The van der Waals surface area contributed by atoms with E-state index in [0.717, 1.165) is 0 Å². The van der Waals surface area contributed by atoms with Gasteiger partial charge in [0.25, 0.3) is 5.91 Å². The van der Waals surface area contributed by atoms with Crippen molar-refractivity contribution in [3.05, 3.63) is 11.8 Å². The number of carboxylic acids is 1. The van der Waals surface area contributed by atoms with Crippen molar-refractivity contribution in [2.24, 2.45) is 13.0 Å². The second-order valence-corrected chi connectivity index (χ2v) is 4.28. The van der Waals surface area contributed by atoms with Crippen LogP contribution in [0.4, 0.5) is 0 Å². The topological polar surface area (TPSA) is 84.7 Å². The normalized spacial score (nSPS) is 12.0. The molecule has 0 saturated heterocycles. The highest BCUT2D eigenvalue weighted by Gasteiger charge is 2.23. The molecule has 1 heterocycles. The second kappa shape index (κ2) is 6.21. The lowest BCUT2D eigenvalue weighted by molar-refractivity contribution is -0.141. The quantitative estimate of drug-likeness (QED) is 0.818. The van der Waals surface area contributed by atoms with Crippen LogP contribution in [-0.2, 0) is 11.8 Å². The van der Waals surface area contributed by atoms with Gasteiger partial charge in [-0.2, -0.15) is 5.10 Å². The summed E-state index contributed by atoms with van der Waals surface area (Å²) < 4.78 is 6.50. The van der Waals surface area contributed by atoms with Crippen LogP contribution in [0.1, 0.15) is 24.3 Å². The minimum absolute atomic E-state index is 0.156. The summed E-state index contributed by atoms with van der Waals surface area (Å²) in [7, 11) is 3.17. The third-order valence-corrected chi connectivity index (χ3v) is 2.85. The van der Waals surface area contributed by atoms with E-state index in [4.69, 9.17) is 9.84 Å². The highest BCUT2D eigenvalue weighted by molar-refractivity contribution is 5.92. The number of carboxylic acid groups (broad SMARTS) is 1. The van der Waals surface area contributed by atoms with Crippen LogP contribution < -0.4 is 4.74 Å². The Hall–Kier alpha value is -2.05. The fourth-order valence-corrected chi connectivity index (χ4v) is 1.67. The first-order valence-electron chi connectivity index (χ1n) is 6.00. The number of ether oxygens (including phenoxy) is 1. The molecule has 1 amide bonds. The minimum Gasteiger partial charge on any atom is -0.481 e. The first-order chi connectivity index (χ1) is 8.90. The summed E-state index contributed by atoms with van der Waals surface area (Å²) in [5, 5.41) is 12.9. The SMILES string of the molecule is CCN(CC(C)C(=O)O)C(=O)c1cc(OC)n(C)n1. The molecule has 0 aliphatic heterocycles. The zero-order valence-corrected chi connectivity index (χ0v) is 11.6. The van der Waals surface area contributed by atoms with Gasteiger partial charge >= 0.3 is 5.97 Å². The van der Waals surface area contributed by atoms with Crippen molar-refractivity contribution in [3.8, 4) is 5.88 Å². The van der Waals surface area contributed by atoms with Gasteiger partial charge in [0.15, 0.2) is 5.69 Å². The average molecular weight is 269 g/mol. The minimum atomic E-state index is -0.926. The molecule has 1 unspecified atom stereocenters. The average Bonchev–Trinajstić information content (AvgIpc) is 2.75. The number of carbonyl (C=O) groups excluding carboxylic acids is 1. The maximum atomic E-state index is 12.2. The smallest absolute Gasteiger partial charge is 0.308 e. The molecule has 0 radical (unpaired) electrons. The first kappa shape index (κ1) is 15.0. The standard InChI is InChI=1S/C12H19N3O4/c1-5-15(7-8(2)12(17)18)11(16)9-6-10(19-4)14(3)13-9/h6,8H,5,7H2,1-4H3,(H,17,18). The van der Waals surface area contributed by atoms with E-state index >= 15 is 0 Å². The van der Waals surface area contributed by atoms with E-state index < -0.39 is 11.9 Å². The zero-order chi connectivity index (χ0) is 14.6. The lowest BCUT2D eigenvalue weighted by Crippen LogP contribution is -2.37. The van der Waals surface area contributed by atoms with Crippen LogP contribution in [0.2, 0.25) is 0 Å². The summed E-state index contributed by atoms with van der Waals surface area (Å²) in [6.45, 7) is 3.95. The third-order valence-electron chi connectivity index (χ3n) is 2.85. The number of aliphatic carboxylic acids is 1. The van der Waals surface area contributed by atoms with Crippen molar-refractivity contribution < 1.29 is 19.4 Å². The van der Waals surface area contributed by atoms with Crippen LogP contribution in [0, 0.1) is 5.92 Å². The molecule has 1 rings (SSSR count). The molecule has 19 heavy (non-hydrogen) atoms. The molecule has 106 valence electrons. The second-order valence-electron chi connectivity index (χ2n) is 4.28. The van der Waals surface area contributed by atoms with Crippen molar-refractivity contribution in [1.29, 1.82) is 0 Å². The fourth-order valence-electron chi connectivity index (χ4n) is 1.67. The lowest BCUT2D eigenvalue weighted by atomic mass is 10.1. The van der Waals surface area contributed by atoms with Crippen LogP contribution in [0.25, 0.3) is 0 Å². The molecular weight excluding hydrogens is 250 g/mol. The number of rotatable bonds is 6. The maximum Gasteiger partial charge on any atom is 0.308 e. The molecule has 7 nitrogen and oxygen atoms in total. The van der Waals surface area contributed by atoms with Crippen molar-refractivity contribution in [2.75, 3.05) is 20.2 Å². The van der Waals surface area contributed by atoms with E-state index in [-0.39, 0.29) is 18.1 Å². The van der Waals surface area contributed by atoms with Gasteiger partial charge in [-0.25, -0.2) is 4.68 Å². The predicted molar refractivity (Wildman–Crippen MR) is 68.1 cm³/mol. The number of nitrogens with zero attached hydrogens (tertiary/aromatic N) is 3. The number of methoxy groups -OCH3 is 1. The maximum absolute atomic E-state index is 12.2. The number of carbonyl (C=O) groups is 2. The molecule has 0 saturated carbocycles. The third kappa shape index (κ3) is 3.46. The molecule has 7 heteroatoms. The van der Waals surface area contributed by atoms with Gasteiger partial charge in [-0.3, -0.25) is 9.59 Å². The predicted octanol–water partition coefficient (Wildman–Crippen LogP) is 0.611. The monoisotopic (exact) mass is 269 g/mol. The van der Waals surface area contributed by atoms with Gasteiger partial charge in [-0.05, 0) is 6.92 Å². The van der Waals surface area contributed by atoms with Crippen molar-refractivity contribution in [2.45, 2.75) is 13.8 Å². The largest absolute Gasteiger partial charge is 0.481 e. The van der Waals surface area contributed by atoms with Gasteiger partial charge in [0.2, 0.25) is 5.88 Å². The van der Waals surface area contributed by atoms with Gasteiger partial charge in [-0.15, -0.1) is 0 Å². The van der Waals surface area contributed by atoms with Gasteiger partial charge < -0.3 is 14.7 Å². The number of hydrogen-bond acceptors (Lipinski definition) is 4. The van der Waals surface area contributed by atoms with Crippen LogP contribution in [-0.4, -0.2) is 51.9 Å². The molecule has 0 aliphatic rings. The summed E-state index contributed by atoms with van der Waals surface area (Å²) in [5.41, 5.74) is 0.249. The van der Waals surface area contributed by atoms with Crippen LogP contribution >= 0.6 is 0 Å². The van der Waals surface area contributed by atoms with Crippen LogP contribution in [0.3, 0.4) is 0 Å². The van der Waals surface area contributed by atoms with Crippen molar-refractivity contribution >= 4 is 11.9 Å². The van der Waals surface area contributed by atoms with Crippen LogP contribution in [0.15, 0.2) is 6.07 Å². The van der Waals surface area contributed by atoms with E-state index in [1.807, 2.05) is 0 Å². The van der Waals surface area contributed by atoms with Gasteiger partial charge in [0, 0.05) is 26.2 Å². The Morgan fingerprint density at radius 1 is 1.58 bits per heavy atom. The first-order valence-corrected chi connectivity index (χ1v) is 6.00. The van der Waals surface area contributed by atoms with Crippen molar-refractivity contribution in [1.82, 2.24) is 14.7 Å². The lowest BCUT2D eigenvalue weighted by Gasteiger charge is -2.21. The van der Waals surface area contributed by atoms with Gasteiger partial charge in [-0.1, -0.05) is 6.92 Å². The molecule has 0 fully saturated rings. The van der Waals surface area contributed by atoms with Gasteiger partial charge in [0.05, 0.1) is 13.0 Å². The number of amides is 1. The van der Waals surface area contributed by atoms with E-state index in [0.29, 0.717) is 12.4 Å². The van der Waals surface area contributed by atoms with E-state index in [1.165, 1.54) is 22.8 Å². The summed E-state index contributed by atoms with van der Waals surface area (Å²) in [6.07, 6.45) is 0. The molecule has 0 aromatic carbocycles. The molecular formula is C12H19N3O4. The van der Waals surface area contributed by atoms with E-state index in [2.05, 4.69) is 5.10 Å². The van der Waals surface area contributed by atoms with E-state index in [1.54, 1.807) is 20.9 Å². The molecule has 0 spiro atoms. The summed E-state index contributed by atoms with van der Waals surface area (Å²) in [6, 6.07) is 1.54. The fraction of sp³-hybridized carbons (Fsp3) is 0.583. The molecule has 0 aliphatic carbocycles. The molecule has 1 aromatic heterocycles. The van der Waals surface area contributed by atoms with Crippen LogP contribution in [0.5, 0.6) is 5.88 Å².